The van der Waals surface area contributed by atoms with Gasteiger partial charge in [0.05, 0.1) is 18.3 Å². The molecular weight excluding hydrogens is 397 g/mol. The molecule has 6 nitrogen and oxygen atoms in total. The van der Waals surface area contributed by atoms with Crippen LogP contribution in [0.5, 0.6) is 0 Å². The predicted octanol–water partition coefficient (Wildman–Crippen LogP) is 4.35. The fraction of sp³-hybridized carbons (Fsp3) is 0.208. The van der Waals surface area contributed by atoms with Gasteiger partial charge < -0.3 is 10.2 Å². The summed E-state index contributed by atoms with van der Waals surface area (Å²) >= 11 is 0. The molecule has 2 aromatic carbocycles. The van der Waals surface area contributed by atoms with Gasteiger partial charge in [-0.1, -0.05) is 36.4 Å². The van der Waals surface area contributed by atoms with E-state index in [-0.39, 0.29) is 24.6 Å². The zero-order valence-electron chi connectivity index (χ0n) is 17.4. The van der Waals surface area contributed by atoms with Gasteiger partial charge in [-0.3, -0.25) is 14.6 Å². The first kappa shape index (κ1) is 22.1. The molecule has 1 aromatic heterocycles. The van der Waals surface area contributed by atoms with Crippen LogP contribution in [0.25, 0.3) is 11.1 Å². The lowest BCUT2D eigenvalue weighted by Gasteiger charge is -2.29. The molecule has 0 saturated carbocycles. The van der Waals surface area contributed by atoms with Crippen LogP contribution in [0, 0.1) is 5.82 Å². The second-order valence-electron chi connectivity index (χ2n) is 6.88. The van der Waals surface area contributed by atoms with Gasteiger partial charge in [0, 0.05) is 18.0 Å². The van der Waals surface area contributed by atoms with Gasteiger partial charge >= 0.3 is 5.97 Å². The molecule has 0 amide bonds. The first-order valence-corrected chi connectivity index (χ1v) is 9.97. The molecular formula is C24H24FN3O3. The summed E-state index contributed by atoms with van der Waals surface area (Å²) in [5.74, 6) is -1.23. The maximum Gasteiger partial charge on any atom is 0.322 e. The van der Waals surface area contributed by atoms with Gasteiger partial charge in [-0.05, 0) is 49.2 Å². The number of rotatable bonds is 9. The summed E-state index contributed by atoms with van der Waals surface area (Å²) in [5.41, 5.74) is 5.19. The van der Waals surface area contributed by atoms with Crippen LogP contribution in [0.15, 0.2) is 73.1 Å². The highest BCUT2D eigenvalue weighted by Crippen LogP contribution is 2.25. The number of hydrogen-bond acceptors (Lipinski definition) is 6. The van der Waals surface area contributed by atoms with E-state index < -0.39 is 17.8 Å². The number of carbonyl (C=O) groups excluding carboxylic acids is 2. The standard InChI is InChI=1S/C24H24FN3O3/c1-3-31-23(29)16-28(17(2)24(30)19-7-5-4-6-8-19)27-22-15-20(9-10-21(22)25)18-11-13-26-14-12-18/h4-15,17,27H,3,16H2,1-2H3. The number of esters is 1. The Morgan fingerprint density at radius 2 is 1.77 bits per heavy atom. The number of nitrogens with zero attached hydrogens (tertiary/aromatic N) is 2. The molecule has 0 spiro atoms. The molecule has 0 aliphatic rings. The quantitative estimate of drug-likeness (QED) is 0.315. The van der Waals surface area contributed by atoms with E-state index in [0.29, 0.717) is 5.56 Å². The van der Waals surface area contributed by atoms with E-state index in [1.165, 1.54) is 11.1 Å². The SMILES string of the molecule is CCOC(=O)CN(Nc1cc(-c2ccncc2)ccc1F)C(C)C(=O)c1ccccc1. The molecule has 160 valence electrons. The molecule has 31 heavy (non-hydrogen) atoms. The van der Waals surface area contributed by atoms with E-state index in [4.69, 9.17) is 4.74 Å². The van der Waals surface area contributed by atoms with E-state index in [0.717, 1.165) is 11.1 Å². The molecule has 1 atom stereocenters. The normalized spacial score (nSPS) is 11.7. The molecule has 0 bridgehead atoms. The molecule has 1 heterocycles. The number of ether oxygens (including phenoxy) is 1. The molecule has 0 saturated heterocycles. The van der Waals surface area contributed by atoms with Crippen molar-refractivity contribution in [3.63, 3.8) is 0 Å². The topological polar surface area (TPSA) is 71.5 Å². The third kappa shape index (κ3) is 5.73. The van der Waals surface area contributed by atoms with Gasteiger partial charge in [0.25, 0.3) is 0 Å². The van der Waals surface area contributed by atoms with Crippen LogP contribution < -0.4 is 5.43 Å². The van der Waals surface area contributed by atoms with Gasteiger partial charge in [-0.15, -0.1) is 0 Å². The lowest BCUT2D eigenvalue weighted by Crippen LogP contribution is -2.46. The molecule has 1 N–H and O–H groups in total. The van der Waals surface area contributed by atoms with E-state index in [9.17, 15) is 14.0 Å². The summed E-state index contributed by atoms with van der Waals surface area (Å²) in [4.78, 5) is 29.1. The summed E-state index contributed by atoms with van der Waals surface area (Å²) in [6, 6.07) is 16.2. The summed E-state index contributed by atoms with van der Waals surface area (Å²) in [7, 11) is 0. The van der Waals surface area contributed by atoms with Gasteiger partial charge in [-0.25, -0.2) is 9.40 Å². The van der Waals surface area contributed by atoms with Crippen molar-refractivity contribution in [2.75, 3.05) is 18.6 Å². The van der Waals surface area contributed by atoms with E-state index in [1.807, 2.05) is 18.2 Å². The third-order valence-electron chi connectivity index (χ3n) is 4.75. The van der Waals surface area contributed by atoms with Gasteiger partial charge in [0.2, 0.25) is 0 Å². The van der Waals surface area contributed by atoms with Gasteiger partial charge in [0.15, 0.2) is 5.78 Å². The van der Waals surface area contributed by atoms with Crippen molar-refractivity contribution in [2.45, 2.75) is 19.9 Å². The summed E-state index contributed by atoms with van der Waals surface area (Å²) in [6.07, 6.45) is 3.30. The highest BCUT2D eigenvalue weighted by Gasteiger charge is 2.26. The van der Waals surface area contributed by atoms with Crippen LogP contribution >= 0.6 is 0 Å². The zero-order chi connectivity index (χ0) is 22.2. The maximum atomic E-state index is 14.6. The van der Waals surface area contributed by atoms with Crippen LogP contribution in [-0.2, 0) is 9.53 Å². The Labute approximate surface area is 180 Å². The Balaban J connectivity index is 1.89. The molecule has 7 heteroatoms. The first-order chi connectivity index (χ1) is 15.0. The Bertz CT molecular complexity index is 1030. The number of nitrogens with one attached hydrogen (secondary N) is 1. The van der Waals surface area contributed by atoms with Crippen molar-refractivity contribution in [1.82, 2.24) is 9.99 Å². The molecule has 0 aliphatic carbocycles. The average Bonchev–Trinajstić information content (AvgIpc) is 2.80. The minimum absolute atomic E-state index is 0.145. The van der Waals surface area contributed by atoms with Crippen molar-refractivity contribution >= 4 is 17.4 Å². The maximum absolute atomic E-state index is 14.6. The van der Waals surface area contributed by atoms with Crippen molar-refractivity contribution in [2.24, 2.45) is 0 Å². The summed E-state index contributed by atoms with van der Waals surface area (Å²) < 4.78 is 19.7. The summed E-state index contributed by atoms with van der Waals surface area (Å²) in [6.45, 7) is 3.34. The van der Waals surface area contributed by atoms with Crippen molar-refractivity contribution < 1.29 is 18.7 Å². The second kappa shape index (κ2) is 10.4. The zero-order valence-corrected chi connectivity index (χ0v) is 17.4. The number of carbonyl (C=O) groups is 2. The van der Waals surface area contributed by atoms with Crippen LogP contribution in [0.3, 0.4) is 0 Å². The van der Waals surface area contributed by atoms with Crippen molar-refractivity contribution in [3.8, 4) is 11.1 Å². The number of Topliss-reactive ketones (excluding diaryl/α,β-unsaturated/α-hetero) is 1. The number of hydrazine groups is 1. The smallest absolute Gasteiger partial charge is 0.322 e. The van der Waals surface area contributed by atoms with E-state index in [2.05, 4.69) is 10.4 Å². The molecule has 1 unspecified atom stereocenters. The molecule has 3 rings (SSSR count). The Kier molecular flexibility index (Phi) is 7.45. The number of hydrogen-bond donors (Lipinski definition) is 1. The first-order valence-electron chi connectivity index (χ1n) is 9.97. The van der Waals surface area contributed by atoms with E-state index in [1.54, 1.807) is 62.6 Å². The number of ketones is 1. The van der Waals surface area contributed by atoms with Crippen LogP contribution in [0.1, 0.15) is 24.2 Å². The molecule has 0 aliphatic heterocycles. The minimum atomic E-state index is -0.754. The van der Waals surface area contributed by atoms with Gasteiger partial charge in [-0.2, -0.15) is 0 Å². The number of pyridine rings is 1. The fourth-order valence-corrected chi connectivity index (χ4v) is 3.09. The van der Waals surface area contributed by atoms with E-state index >= 15 is 0 Å². The lowest BCUT2D eigenvalue weighted by molar-refractivity contribution is -0.144. The average molecular weight is 421 g/mol. The van der Waals surface area contributed by atoms with Crippen LogP contribution in [-0.4, -0.2) is 40.9 Å². The Morgan fingerprint density at radius 3 is 2.45 bits per heavy atom. The van der Waals surface area contributed by atoms with Crippen molar-refractivity contribution in [1.29, 1.82) is 0 Å². The van der Waals surface area contributed by atoms with Crippen molar-refractivity contribution in [3.05, 3.63) is 84.4 Å². The monoisotopic (exact) mass is 421 g/mol. The highest BCUT2D eigenvalue weighted by atomic mass is 19.1. The Hall–Kier alpha value is -3.58. The fourth-order valence-electron chi connectivity index (χ4n) is 3.09. The number of aromatic nitrogens is 1. The molecule has 3 aromatic rings. The summed E-state index contributed by atoms with van der Waals surface area (Å²) in [5, 5.41) is 1.39. The highest BCUT2D eigenvalue weighted by molar-refractivity contribution is 6.00. The number of benzene rings is 2. The predicted molar refractivity (Wildman–Crippen MR) is 117 cm³/mol. The van der Waals surface area contributed by atoms with Gasteiger partial charge in [0.1, 0.15) is 12.4 Å². The number of halogens is 1. The Morgan fingerprint density at radius 1 is 1.06 bits per heavy atom. The molecule has 0 radical (unpaired) electrons. The third-order valence-corrected chi connectivity index (χ3v) is 4.75. The minimum Gasteiger partial charge on any atom is -0.465 e. The van der Waals surface area contributed by atoms with Crippen LogP contribution in [0.4, 0.5) is 10.1 Å². The van der Waals surface area contributed by atoms with Crippen LogP contribution in [0.2, 0.25) is 0 Å². The molecule has 0 fully saturated rings. The largest absolute Gasteiger partial charge is 0.465 e. The lowest BCUT2D eigenvalue weighted by atomic mass is 10.0. The number of anilines is 1. The second-order valence-corrected chi connectivity index (χ2v) is 6.88.